The highest BCUT2D eigenvalue weighted by Crippen LogP contribution is 2.28. The van der Waals surface area contributed by atoms with Crippen molar-refractivity contribution in [3.8, 4) is 5.75 Å². The van der Waals surface area contributed by atoms with Gasteiger partial charge in [0.1, 0.15) is 23.4 Å². The van der Waals surface area contributed by atoms with Crippen LogP contribution in [0.4, 0.5) is 10.5 Å². The molecule has 0 spiro atoms. The fourth-order valence-corrected chi connectivity index (χ4v) is 3.68. The maximum Gasteiger partial charge on any atom is 0.408 e. The molecule has 0 aromatic heterocycles. The van der Waals surface area contributed by atoms with Gasteiger partial charge in [-0.2, -0.15) is 0 Å². The third kappa shape index (κ3) is 8.49. The van der Waals surface area contributed by atoms with Crippen LogP contribution in [-0.2, 0) is 14.3 Å². The van der Waals surface area contributed by atoms with Gasteiger partial charge < -0.3 is 30.1 Å². The number of rotatable bonds is 10. The second-order valence-corrected chi connectivity index (χ2v) is 9.92. The van der Waals surface area contributed by atoms with E-state index in [0.717, 1.165) is 5.56 Å². The van der Waals surface area contributed by atoms with Gasteiger partial charge in [0.15, 0.2) is 0 Å². The molecular formula is C28H39N3O6. The molecule has 9 nitrogen and oxygen atoms in total. The lowest BCUT2D eigenvalue weighted by Gasteiger charge is -2.38. The average molecular weight is 514 g/mol. The first kappa shape index (κ1) is 29.6. The summed E-state index contributed by atoms with van der Waals surface area (Å²) in [6.45, 7) is 10.1. The predicted octanol–water partition coefficient (Wildman–Crippen LogP) is 4.20. The van der Waals surface area contributed by atoms with Crippen molar-refractivity contribution in [1.29, 1.82) is 0 Å². The Morgan fingerprint density at radius 2 is 1.62 bits per heavy atom. The first-order valence-corrected chi connectivity index (χ1v) is 12.3. The molecule has 2 aromatic carbocycles. The summed E-state index contributed by atoms with van der Waals surface area (Å²) >= 11 is 0. The van der Waals surface area contributed by atoms with Crippen molar-refractivity contribution < 1.29 is 29.0 Å². The lowest BCUT2D eigenvalue weighted by atomic mass is 9.99. The molecule has 0 fully saturated rings. The summed E-state index contributed by atoms with van der Waals surface area (Å²) in [5.41, 5.74) is 1.34. The fraction of sp³-hybridized carbons (Fsp3) is 0.464. The van der Waals surface area contributed by atoms with E-state index in [2.05, 4.69) is 10.6 Å². The zero-order valence-corrected chi connectivity index (χ0v) is 22.7. The van der Waals surface area contributed by atoms with Crippen LogP contribution in [-0.4, -0.2) is 59.3 Å². The quantitative estimate of drug-likeness (QED) is 0.438. The third-order valence-corrected chi connectivity index (χ3v) is 5.77. The van der Waals surface area contributed by atoms with Gasteiger partial charge >= 0.3 is 6.09 Å². The Labute approximate surface area is 219 Å². The summed E-state index contributed by atoms with van der Waals surface area (Å²) < 4.78 is 10.5. The lowest BCUT2D eigenvalue weighted by Crippen LogP contribution is -2.56. The number of methoxy groups -OCH3 is 1. The van der Waals surface area contributed by atoms with Gasteiger partial charge in [-0.3, -0.25) is 9.59 Å². The summed E-state index contributed by atoms with van der Waals surface area (Å²) in [7, 11) is 1.56. The number of nitrogens with zero attached hydrogens (tertiary/aromatic N) is 1. The molecule has 0 aliphatic heterocycles. The van der Waals surface area contributed by atoms with Gasteiger partial charge in [0.25, 0.3) is 5.91 Å². The largest absolute Gasteiger partial charge is 0.497 e. The van der Waals surface area contributed by atoms with E-state index in [1.807, 2.05) is 32.9 Å². The molecule has 37 heavy (non-hydrogen) atoms. The number of alkyl carbamates (subject to hydrolysis) is 1. The molecule has 0 aliphatic rings. The van der Waals surface area contributed by atoms with Gasteiger partial charge in [-0.1, -0.05) is 36.8 Å². The molecule has 0 saturated carbocycles. The molecule has 3 atom stereocenters. The van der Waals surface area contributed by atoms with Crippen molar-refractivity contribution in [2.75, 3.05) is 19.0 Å². The fourth-order valence-electron chi connectivity index (χ4n) is 3.68. The topological polar surface area (TPSA) is 117 Å². The van der Waals surface area contributed by atoms with Crippen molar-refractivity contribution in [1.82, 2.24) is 10.2 Å². The van der Waals surface area contributed by atoms with Gasteiger partial charge in [-0.15, -0.1) is 0 Å². The van der Waals surface area contributed by atoms with Crippen molar-refractivity contribution >= 4 is 23.6 Å². The Hall–Kier alpha value is -3.59. The first-order chi connectivity index (χ1) is 17.4. The third-order valence-electron chi connectivity index (χ3n) is 5.77. The highest BCUT2D eigenvalue weighted by molar-refractivity contribution is 5.99. The molecule has 2 rings (SSSR count). The minimum Gasteiger partial charge on any atom is -0.497 e. The van der Waals surface area contributed by atoms with Crippen molar-refractivity contribution in [2.24, 2.45) is 0 Å². The van der Waals surface area contributed by atoms with E-state index in [1.54, 1.807) is 64.3 Å². The second kappa shape index (κ2) is 13.1. The van der Waals surface area contributed by atoms with Crippen molar-refractivity contribution in [3.63, 3.8) is 0 Å². The number of carbonyl (C=O) groups excluding carboxylic acids is 3. The monoisotopic (exact) mass is 513 g/mol. The first-order valence-electron chi connectivity index (χ1n) is 12.3. The molecule has 9 heteroatoms. The SMILES string of the molecule is CCC(C)N(C(=O)C(CO)NC(=O)OC(C)(C)C)C(C(=O)Nc1ccc(OC)cc1)c1ccc(C)cc1. The highest BCUT2D eigenvalue weighted by atomic mass is 16.6. The number of aliphatic hydroxyl groups is 1. The van der Waals surface area contributed by atoms with Gasteiger partial charge in [0.2, 0.25) is 5.91 Å². The standard InChI is InChI=1S/C28H39N3O6/c1-8-19(3)31(26(34)23(17-32)30-27(35)37-28(4,5)6)24(20-11-9-18(2)10-12-20)25(33)29-21-13-15-22(36-7)16-14-21/h9-16,19,23-24,32H,8,17H2,1-7H3,(H,29,33)(H,30,35). The Morgan fingerprint density at radius 3 is 2.11 bits per heavy atom. The van der Waals surface area contributed by atoms with Crippen LogP contribution in [0.3, 0.4) is 0 Å². The zero-order valence-electron chi connectivity index (χ0n) is 22.7. The molecule has 0 aliphatic carbocycles. The highest BCUT2D eigenvalue weighted by Gasteiger charge is 2.38. The number of amides is 3. The van der Waals surface area contributed by atoms with Crippen LogP contribution >= 0.6 is 0 Å². The molecule has 3 N–H and O–H groups in total. The number of anilines is 1. The molecule has 0 saturated heterocycles. The molecule has 3 amide bonds. The molecule has 0 bridgehead atoms. The number of aryl methyl sites for hydroxylation is 1. The number of carbonyl (C=O) groups is 3. The number of nitrogens with one attached hydrogen (secondary N) is 2. The van der Waals surface area contributed by atoms with Gasteiger partial charge in [-0.05, 0) is 70.9 Å². The van der Waals surface area contributed by atoms with Crippen LogP contribution in [0.15, 0.2) is 48.5 Å². The summed E-state index contributed by atoms with van der Waals surface area (Å²) in [6, 6.07) is 11.5. The molecule has 2 aromatic rings. The lowest BCUT2D eigenvalue weighted by molar-refractivity contribution is -0.144. The molecule has 0 radical (unpaired) electrons. The van der Waals surface area contributed by atoms with E-state index >= 15 is 0 Å². The van der Waals surface area contributed by atoms with E-state index in [4.69, 9.17) is 9.47 Å². The maximum absolute atomic E-state index is 13.8. The van der Waals surface area contributed by atoms with Crippen LogP contribution < -0.4 is 15.4 Å². The van der Waals surface area contributed by atoms with E-state index in [-0.39, 0.29) is 0 Å². The Kier molecular flexibility index (Phi) is 10.5. The van der Waals surface area contributed by atoms with Gasteiger partial charge in [0, 0.05) is 11.7 Å². The molecule has 202 valence electrons. The van der Waals surface area contributed by atoms with E-state index < -0.39 is 48.2 Å². The molecular weight excluding hydrogens is 474 g/mol. The summed E-state index contributed by atoms with van der Waals surface area (Å²) in [5, 5.41) is 15.4. The van der Waals surface area contributed by atoms with Crippen molar-refractivity contribution in [3.05, 3.63) is 59.7 Å². The Balaban J connectivity index is 2.47. The molecule has 3 unspecified atom stereocenters. The zero-order chi connectivity index (χ0) is 27.8. The summed E-state index contributed by atoms with van der Waals surface area (Å²) in [6.07, 6.45) is -0.298. The van der Waals surface area contributed by atoms with Crippen LogP contribution in [0.1, 0.15) is 58.2 Å². The van der Waals surface area contributed by atoms with Gasteiger partial charge in [-0.25, -0.2) is 4.79 Å². The van der Waals surface area contributed by atoms with E-state index in [9.17, 15) is 19.5 Å². The summed E-state index contributed by atoms with van der Waals surface area (Å²) in [5.74, 6) is -0.390. The average Bonchev–Trinajstić information content (AvgIpc) is 2.85. The van der Waals surface area contributed by atoms with Crippen molar-refractivity contribution in [2.45, 2.75) is 71.7 Å². The Morgan fingerprint density at radius 1 is 1.03 bits per heavy atom. The minimum absolute atomic E-state index is 0.394. The van der Waals surface area contributed by atoms with E-state index in [0.29, 0.717) is 23.4 Å². The number of ether oxygens (including phenoxy) is 2. The number of aliphatic hydroxyl groups excluding tert-OH is 1. The normalized spacial score (nSPS) is 13.6. The summed E-state index contributed by atoms with van der Waals surface area (Å²) in [4.78, 5) is 41.3. The van der Waals surface area contributed by atoms with Crippen LogP contribution in [0.25, 0.3) is 0 Å². The van der Waals surface area contributed by atoms with Gasteiger partial charge in [0.05, 0.1) is 13.7 Å². The Bertz CT molecular complexity index is 1050. The predicted molar refractivity (Wildman–Crippen MR) is 142 cm³/mol. The maximum atomic E-state index is 13.8. The number of hydrogen-bond donors (Lipinski definition) is 3. The van der Waals surface area contributed by atoms with Crippen LogP contribution in [0, 0.1) is 6.92 Å². The van der Waals surface area contributed by atoms with Crippen LogP contribution in [0.5, 0.6) is 5.75 Å². The van der Waals surface area contributed by atoms with Crippen LogP contribution in [0.2, 0.25) is 0 Å². The second-order valence-electron chi connectivity index (χ2n) is 9.92. The number of hydrogen-bond acceptors (Lipinski definition) is 6. The van der Waals surface area contributed by atoms with E-state index in [1.165, 1.54) is 4.90 Å². The number of benzene rings is 2. The molecule has 0 heterocycles. The minimum atomic E-state index is -1.30. The smallest absolute Gasteiger partial charge is 0.408 e.